The lowest BCUT2D eigenvalue weighted by molar-refractivity contribution is 0.322. The normalized spacial score (nSPS) is 21.6. The molecule has 0 saturated heterocycles. The Kier molecular flexibility index (Phi) is 6.20. The average Bonchev–Trinajstić information content (AvgIpc) is 2.50. The minimum Gasteiger partial charge on any atom is -0.497 e. The van der Waals surface area contributed by atoms with Gasteiger partial charge in [-0.05, 0) is 49.1 Å². The summed E-state index contributed by atoms with van der Waals surface area (Å²) in [5.41, 5.74) is 2.81. The van der Waals surface area contributed by atoms with E-state index in [0.717, 1.165) is 37.3 Å². The van der Waals surface area contributed by atoms with Gasteiger partial charge in [0.15, 0.2) is 0 Å². The maximum Gasteiger partial charge on any atom is 0.119 e. The third-order valence-corrected chi connectivity index (χ3v) is 5.15. The largest absolute Gasteiger partial charge is 0.497 e. The molecule has 0 heterocycles. The summed E-state index contributed by atoms with van der Waals surface area (Å²) in [5, 5.41) is 13.3. The predicted octanol–water partition coefficient (Wildman–Crippen LogP) is 2.78. The quantitative estimate of drug-likeness (QED) is 0.811. The summed E-state index contributed by atoms with van der Waals surface area (Å²) in [5.74, 6) is 1.76. The van der Waals surface area contributed by atoms with Gasteiger partial charge in [-0.1, -0.05) is 13.0 Å². The van der Waals surface area contributed by atoms with E-state index >= 15 is 0 Å². The first kappa shape index (κ1) is 15.7. The molecule has 0 bridgehead atoms. The van der Waals surface area contributed by atoms with Crippen molar-refractivity contribution in [2.75, 3.05) is 26.0 Å². The number of methoxy groups -OCH3 is 1. The topological polar surface area (TPSA) is 41.5 Å². The van der Waals surface area contributed by atoms with Gasteiger partial charge in [0.25, 0.3) is 0 Å². The number of aliphatic hydroxyl groups excluding tert-OH is 1. The molecule has 112 valence electrons. The highest BCUT2D eigenvalue weighted by molar-refractivity contribution is 7.99. The van der Waals surface area contributed by atoms with E-state index in [4.69, 9.17) is 9.84 Å². The number of fused-ring (bicyclic) bond motifs is 1. The molecule has 0 amide bonds. The van der Waals surface area contributed by atoms with Crippen LogP contribution < -0.4 is 10.1 Å². The molecule has 0 saturated carbocycles. The van der Waals surface area contributed by atoms with Crippen LogP contribution in [0.5, 0.6) is 5.75 Å². The van der Waals surface area contributed by atoms with Crippen molar-refractivity contribution >= 4 is 11.8 Å². The van der Waals surface area contributed by atoms with Crippen LogP contribution in [0.25, 0.3) is 0 Å². The number of rotatable bonds is 7. The molecule has 1 aliphatic carbocycles. The molecule has 0 spiro atoms. The van der Waals surface area contributed by atoms with E-state index in [9.17, 15) is 0 Å². The van der Waals surface area contributed by atoms with Crippen LogP contribution >= 0.6 is 11.8 Å². The van der Waals surface area contributed by atoms with E-state index in [1.807, 2.05) is 11.8 Å². The van der Waals surface area contributed by atoms with Crippen molar-refractivity contribution in [2.45, 2.75) is 37.5 Å². The molecule has 0 radical (unpaired) electrons. The highest BCUT2D eigenvalue weighted by atomic mass is 32.2. The molecule has 0 aliphatic heterocycles. The molecule has 0 aromatic heterocycles. The number of hydrogen-bond acceptors (Lipinski definition) is 4. The Morgan fingerprint density at radius 2 is 2.30 bits per heavy atom. The van der Waals surface area contributed by atoms with Crippen molar-refractivity contribution in [3.05, 3.63) is 29.3 Å². The van der Waals surface area contributed by atoms with Gasteiger partial charge >= 0.3 is 0 Å². The summed E-state index contributed by atoms with van der Waals surface area (Å²) in [6.07, 6.45) is 3.39. The first-order valence-electron chi connectivity index (χ1n) is 7.42. The smallest absolute Gasteiger partial charge is 0.119 e. The third kappa shape index (κ3) is 3.68. The Bertz CT molecular complexity index is 425. The van der Waals surface area contributed by atoms with E-state index < -0.39 is 0 Å². The van der Waals surface area contributed by atoms with Crippen LogP contribution in [0.4, 0.5) is 0 Å². The molecule has 4 heteroatoms. The van der Waals surface area contributed by atoms with Crippen molar-refractivity contribution in [3.8, 4) is 5.75 Å². The summed E-state index contributed by atoms with van der Waals surface area (Å²) in [7, 11) is 1.72. The van der Waals surface area contributed by atoms with Gasteiger partial charge in [-0.15, -0.1) is 0 Å². The van der Waals surface area contributed by atoms with Crippen LogP contribution in [0.1, 0.15) is 36.9 Å². The fourth-order valence-electron chi connectivity index (χ4n) is 2.82. The number of nitrogens with one attached hydrogen (secondary N) is 1. The second-order valence-corrected chi connectivity index (χ2v) is 6.52. The lowest BCUT2D eigenvalue weighted by atomic mass is 9.87. The first-order chi connectivity index (χ1) is 9.80. The SMILES string of the molecule is CCCNC1c2ccc(OC)cc2CCC1SCCO. The van der Waals surface area contributed by atoms with Gasteiger partial charge in [0.05, 0.1) is 13.7 Å². The molecule has 2 rings (SSSR count). The summed E-state index contributed by atoms with van der Waals surface area (Å²) >= 11 is 1.89. The minimum atomic E-state index is 0.261. The second kappa shape index (κ2) is 7.91. The molecule has 2 atom stereocenters. The van der Waals surface area contributed by atoms with Gasteiger partial charge in [0.2, 0.25) is 0 Å². The fourth-order valence-corrected chi connectivity index (χ4v) is 3.95. The van der Waals surface area contributed by atoms with Crippen molar-refractivity contribution in [1.82, 2.24) is 5.32 Å². The Balaban J connectivity index is 2.19. The predicted molar refractivity (Wildman–Crippen MR) is 85.7 cm³/mol. The fraction of sp³-hybridized carbons (Fsp3) is 0.625. The Morgan fingerprint density at radius 1 is 1.45 bits per heavy atom. The Labute approximate surface area is 126 Å². The van der Waals surface area contributed by atoms with Crippen molar-refractivity contribution < 1.29 is 9.84 Å². The Hall–Kier alpha value is -0.710. The molecular weight excluding hydrogens is 270 g/mol. The summed E-state index contributed by atoms with van der Waals surface area (Å²) in [4.78, 5) is 0. The lowest BCUT2D eigenvalue weighted by Crippen LogP contribution is -2.35. The molecule has 20 heavy (non-hydrogen) atoms. The zero-order chi connectivity index (χ0) is 14.4. The van der Waals surface area contributed by atoms with Gasteiger partial charge in [-0.3, -0.25) is 0 Å². The highest BCUT2D eigenvalue weighted by Gasteiger charge is 2.29. The molecule has 3 nitrogen and oxygen atoms in total. The van der Waals surface area contributed by atoms with E-state index in [-0.39, 0.29) is 6.61 Å². The standard InChI is InChI=1S/C16H25NO2S/c1-3-8-17-16-14-6-5-13(19-2)11-12(14)4-7-15(16)20-10-9-18/h5-6,11,15-18H,3-4,7-10H2,1-2H3. The molecule has 1 aromatic carbocycles. The van der Waals surface area contributed by atoms with E-state index in [1.165, 1.54) is 11.1 Å². The van der Waals surface area contributed by atoms with Crippen molar-refractivity contribution in [3.63, 3.8) is 0 Å². The van der Waals surface area contributed by atoms with Gasteiger partial charge < -0.3 is 15.2 Å². The zero-order valence-electron chi connectivity index (χ0n) is 12.4. The average molecular weight is 295 g/mol. The number of ether oxygens (including phenoxy) is 1. The van der Waals surface area contributed by atoms with Crippen LogP contribution in [0.15, 0.2) is 18.2 Å². The van der Waals surface area contributed by atoms with Crippen LogP contribution in [0, 0.1) is 0 Å². The van der Waals surface area contributed by atoms with Crippen molar-refractivity contribution in [2.24, 2.45) is 0 Å². The summed E-state index contributed by atoms with van der Waals surface area (Å²) in [6, 6.07) is 6.82. The number of thioether (sulfide) groups is 1. The van der Waals surface area contributed by atoms with Crippen LogP contribution in [-0.4, -0.2) is 36.4 Å². The maximum atomic E-state index is 9.07. The summed E-state index contributed by atoms with van der Waals surface area (Å²) in [6.45, 7) is 3.49. The Morgan fingerprint density at radius 3 is 3.00 bits per heavy atom. The highest BCUT2D eigenvalue weighted by Crippen LogP contribution is 2.38. The first-order valence-corrected chi connectivity index (χ1v) is 8.47. The number of hydrogen-bond donors (Lipinski definition) is 2. The molecular formula is C16H25NO2S. The van der Waals surface area contributed by atoms with E-state index in [1.54, 1.807) is 7.11 Å². The monoisotopic (exact) mass is 295 g/mol. The lowest BCUT2D eigenvalue weighted by Gasteiger charge is -2.34. The number of benzene rings is 1. The van der Waals surface area contributed by atoms with E-state index in [0.29, 0.717) is 11.3 Å². The van der Waals surface area contributed by atoms with Crippen LogP contribution in [0.3, 0.4) is 0 Å². The van der Waals surface area contributed by atoms with Gasteiger partial charge in [0, 0.05) is 17.0 Å². The van der Waals surface area contributed by atoms with Gasteiger partial charge in [-0.2, -0.15) is 11.8 Å². The molecule has 2 N–H and O–H groups in total. The molecule has 2 unspecified atom stereocenters. The van der Waals surface area contributed by atoms with Gasteiger partial charge in [-0.25, -0.2) is 0 Å². The molecule has 1 aromatic rings. The number of aryl methyl sites for hydroxylation is 1. The van der Waals surface area contributed by atoms with Crippen LogP contribution in [-0.2, 0) is 6.42 Å². The number of aliphatic hydroxyl groups is 1. The van der Waals surface area contributed by atoms with Crippen molar-refractivity contribution in [1.29, 1.82) is 0 Å². The van der Waals surface area contributed by atoms with E-state index in [2.05, 4.69) is 30.4 Å². The molecule has 1 aliphatic rings. The maximum absolute atomic E-state index is 9.07. The zero-order valence-corrected chi connectivity index (χ0v) is 13.2. The van der Waals surface area contributed by atoms with Crippen LogP contribution in [0.2, 0.25) is 0 Å². The third-order valence-electron chi connectivity index (χ3n) is 3.79. The van der Waals surface area contributed by atoms with Gasteiger partial charge in [0.1, 0.15) is 5.75 Å². The summed E-state index contributed by atoms with van der Waals surface area (Å²) < 4.78 is 5.33. The molecule has 0 fully saturated rings. The minimum absolute atomic E-state index is 0.261. The second-order valence-electron chi connectivity index (χ2n) is 5.17.